The van der Waals surface area contributed by atoms with Gasteiger partial charge >= 0.3 is 0 Å². The molecular weight excluding hydrogens is 496 g/mol. The lowest BCUT2D eigenvalue weighted by molar-refractivity contribution is -0.130. The van der Waals surface area contributed by atoms with Gasteiger partial charge in [0.15, 0.2) is 5.84 Å². The average molecular weight is 523 g/mol. The van der Waals surface area contributed by atoms with E-state index in [-0.39, 0.29) is 23.7 Å². The number of nitrogens with zero attached hydrogens (tertiary/aromatic N) is 5. The van der Waals surface area contributed by atoms with Crippen LogP contribution in [0, 0.1) is 26.2 Å². The smallest absolute Gasteiger partial charge is 0.283 e. The molecule has 1 aromatic heterocycles. The lowest BCUT2D eigenvalue weighted by Crippen LogP contribution is -2.36. The Morgan fingerprint density at radius 1 is 1.17 bits per heavy atom. The van der Waals surface area contributed by atoms with Gasteiger partial charge in [-0.3, -0.25) is 15.0 Å². The quantitative estimate of drug-likeness (QED) is 0.567. The molecule has 36 heavy (non-hydrogen) atoms. The number of fused-ring (bicyclic) bond motifs is 1. The first kappa shape index (κ1) is 24.5. The average Bonchev–Trinajstić information content (AvgIpc) is 3.38. The monoisotopic (exact) mass is 522 g/mol. The van der Waals surface area contributed by atoms with Crippen molar-refractivity contribution in [3.63, 3.8) is 0 Å². The molecule has 0 radical (unpaired) electrons. The second kappa shape index (κ2) is 9.71. The molecule has 3 aliphatic rings. The van der Waals surface area contributed by atoms with Gasteiger partial charge in [-0.15, -0.1) is 0 Å². The highest BCUT2D eigenvalue weighted by Gasteiger charge is 2.36. The molecule has 0 atom stereocenters. The maximum absolute atomic E-state index is 12.9. The number of thioether (sulfide) groups is 1. The minimum absolute atomic E-state index is 0.0265. The Kier molecular flexibility index (Phi) is 6.61. The highest BCUT2D eigenvalue weighted by Crippen LogP contribution is 2.31. The van der Waals surface area contributed by atoms with E-state index in [9.17, 15) is 9.59 Å². The highest BCUT2D eigenvalue weighted by atomic mass is 35.5. The molecule has 1 saturated heterocycles. The van der Waals surface area contributed by atoms with Crippen LogP contribution in [0.25, 0.3) is 11.8 Å². The zero-order chi connectivity index (χ0) is 25.6. The molecule has 0 spiro atoms. The van der Waals surface area contributed by atoms with Crippen LogP contribution in [0.15, 0.2) is 39.9 Å². The standard InChI is InChI=1S/C26H27ClN6O2S/c1-15-7-8-19(13-21(15)27)32-16(2)11-18(17(32)3)12-20-24(28)33-26(29-25(20)35)36-22(30-33)14-23(34)31-9-5-4-6-10-31/h7-8,11-13,28H,4-6,9-10,14H2,1-3H3. The topological polar surface area (TPSA) is 94.1 Å². The van der Waals surface area contributed by atoms with Gasteiger partial charge in [0.2, 0.25) is 11.1 Å². The number of piperidine rings is 1. The van der Waals surface area contributed by atoms with Gasteiger partial charge in [0, 0.05) is 35.2 Å². The van der Waals surface area contributed by atoms with Crippen molar-refractivity contribution < 1.29 is 9.59 Å². The van der Waals surface area contributed by atoms with Crippen LogP contribution in [0.1, 0.15) is 48.2 Å². The molecule has 3 aliphatic heterocycles. The van der Waals surface area contributed by atoms with Crippen molar-refractivity contribution in [1.82, 2.24) is 14.5 Å². The highest BCUT2D eigenvalue weighted by molar-refractivity contribution is 8.27. The van der Waals surface area contributed by atoms with Crippen molar-refractivity contribution in [3.8, 4) is 5.69 Å². The number of halogens is 1. The number of hydrazone groups is 1. The Labute approximate surface area is 219 Å². The van der Waals surface area contributed by atoms with Gasteiger partial charge < -0.3 is 9.47 Å². The number of aliphatic imine (C=N–C) groups is 1. The maximum atomic E-state index is 12.9. The van der Waals surface area contributed by atoms with Crippen molar-refractivity contribution in [3.05, 3.63) is 57.4 Å². The van der Waals surface area contributed by atoms with Crippen LogP contribution in [-0.4, -0.2) is 55.4 Å². The van der Waals surface area contributed by atoms with Crippen LogP contribution in [0.4, 0.5) is 0 Å². The second-order valence-corrected chi connectivity index (χ2v) is 10.7. The van der Waals surface area contributed by atoms with E-state index in [2.05, 4.69) is 14.7 Å². The summed E-state index contributed by atoms with van der Waals surface area (Å²) in [7, 11) is 0. The van der Waals surface area contributed by atoms with Crippen LogP contribution >= 0.6 is 23.4 Å². The molecule has 8 nitrogen and oxygen atoms in total. The van der Waals surface area contributed by atoms with Crippen LogP contribution in [0.5, 0.6) is 0 Å². The Hall–Kier alpha value is -3.17. The number of aromatic nitrogens is 1. The van der Waals surface area contributed by atoms with Crippen LogP contribution in [0.2, 0.25) is 5.02 Å². The van der Waals surface area contributed by atoms with E-state index in [1.807, 2.05) is 49.9 Å². The summed E-state index contributed by atoms with van der Waals surface area (Å²) in [5, 5.41) is 16.1. The molecule has 0 bridgehead atoms. The van der Waals surface area contributed by atoms with Crippen LogP contribution < -0.4 is 0 Å². The summed E-state index contributed by atoms with van der Waals surface area (Å²) >= 11 is 7.54. The summed E-state index contributed by atoms with van der Waals surface area (Å²) in [6, 6.07) is 7.87. The van der Waals surface area contributed by atoms with Gasteiger partial charge in [0.1, 0.15) is 5.04 Å². The number of benzene rings is 1. The molecular formula is C26H27ClN6O2S. The number of carbonyl (C=O) groups excluding carboxylic acids is 2. The summed E-state index contributed by atoms with van der Waals surface area (Å²) < 4.78 is 2.07. The van der Waals surface area contributed by atoms with E-state index >= 15 is 0 Å². The van der Waals surface area contributed by atoms with Crippen molar-refractivity contribution >= 4 is 57.3 Å². The number of amidine groups is 2. The molecule has 0 saturated carbocycles. The Morgan fingerprint density at radius 2 is 1.92 bits per heavy atom. The van der Waals surface area contributed by atoms with Crippen molar-refractivity contribution in [1.29, 1.82) is 5.41 Å². The summed E-state index contributed by atoms with van der Waals surface area (Å²) in [5.74, 6) is -0.500. The third-order valence-corrected chi connectivity index (χ3v) is 8.01. The molecule has 1 aromatic carbocycles. The van der Waals surface area contributed by atoms with E-state index in [0.29, 0.717) is 15.2 Å². The normalized spacial score (nSPS) is 19.1. The fourth-order valence-corrected chi connectivity index (χ4v) is 5.75. The number of hydrogen-bond donors (Lipinski definition) is 1. The van der Waals surface area contributed by atoms with E-state index in [1.165, 1.54) is 16.8 Å². The molecule has 2 aromatic rings. The lowest BCUT2D eigenvalue weighted by Gasteiger charge is -2.26. The van der Waals surface area contributed by atoms with Gasteiger partial charge in [-0.1, -0.05) is 17.7 Å². The first-order valence-corrected chi connectivity index (χ1v) is 13.1. The van der Waals surface area contributed by atoms with Crippen LogP contribution in [0.3, 0.4) is 0 Å². The number of hydrogen-bond acceptors (Lipinski definition) is 5. The summed E-state index contributed by atoms with van der Waals surface area (Å²) in [6.07, 6.45) is 5.04. The van der Waals surface area contributed by atoms with Gasteiger partial charge in [-0.2, -0.15) is 15.1 Å². The largest absolute Gasteiger partial charge is 0.342 e. The molecule has 186 valence electrons. The minimum Gasteiger partial charge on any atom is -0.342 e. The van der Waals surface area contributed by atoms with E-state index in [0.717, 1.165) is 60.6 Å². The van der Waals surface area contributed by atoms with E-state index in [4.69, 9.17) is 17.0 Å². The molecule has 0 aliphatic carbocycles. The minimum atomic E-state index is -0.485. The fraction of sp³-hybridized carbons (Fsp3) is 0.346. The summed E-state index contributed by atoms with van der Waals surface area (Å²) in [5.41, 5.74) is 4.80. The van der Waals surface area contributed by atoms with E-state index in [1.54, 1.807) is 6.08 Å². The Morgan fingerprint density at radius 3 is 2.64 bits per heavy atom. The molecule has 10 heteroatoms. The van der Waals surface area contributed by atoms with Crippen molar-refractivity contribution in [2.75, 3.05) is 13.1 Å². The molecule has 5 rings (SSSR count). The zero-order valence-corrected chi connectivity index (χ0v) is 22.0. The van der Waals surface area contributed by atoms with Gasteiger partial charge in [0.25, 0.3) is 5.91 Å². The maximum Gasteiger partial charge on any atom is 0.283 e. The Balaban J connectivity index is 1.40. The number of carbonyl (C=O) groups is 2. The third kappa shape index (κ3) is 4.53. The zero-order valence-electron chi connectivity index (χ0n) is 20.5. The summed E-state index contributed by atoms with van der Waals surface area (Å²) in [6.45, 7) is 7.46. The number of aryl methyl sites for hydroxylation is 2. The molecule has 0 unspecified atom stereocenters. The van der Waals surface area contributed by atoms with Gasteiger partial charge in [0.05, 0.1) is 12.0 Å². The number of amides is 2. The number of nitrogens with one attached hydrogen (secondary N) is 1. The van der Waals surface area contributed by atoms with Crippen LogP contribution in [-0.2, 0) is 9.59 Å². The summed E-state index contributed by atoms with van der Waals surface area (Å²) in [4.78, 5) is 31.6. The molecule has 4 heterocycles. The van der Waals surface area contributed by atoms with Gasteiger partial charge in [-0.05, 0) is 87.2 Å². The first-order chi connectivity index (χ1) is 17.2. The lowest BCUT2D eigenvalue weighted by atomic mass is 10.1. The molecule has 1 fully saturated rings. The fourth-order valence-electron chi connectivity index (χ4n) is 4.70. The van der Waals surface area contributed by atoms with Crippen molar-refractivity contribution in [2.45, 2.75) is 46.5 Å². The Bertz CT molecular complexity index is 1380. The van der Waals surface area contributed by atoms with Gasteiger partial charge in [-0.25, -0.2) is 0 Å². The third-order valence-electron chi connectivity index (χ3n) is 6.69. The van der Waals surface area contributed by atoms with Crippen molar-refractivity contribution in [2.24, 2.45) is 10.1 Å². The predicted octanol–water partition coefficient (Wildman–Crippen LogP) is 5.08. The van der Waals surface area contributed by atoms with E-state index < -0.39 is 5.91 Å². The predicted molar refractivity (Wildman–Crippen MR) is 145 cm³/mol. The SMILES string of the molecule is Cc1ccc(-n2c(C)cc(C=C3C(=N)N4N=C(CC(=O)N5CCCCC5)SC4=NC3=O)c2C)cc1Cl. The number of likely N-dealkylation sites (tertiary alicyclic amines) is 1. The molecule has 2 amide bonds. The molecule has 1 N–H and O–H groups in total. The first-order valence-electron chi connectivity index (χ1n) is 12.0. The second-order valence-electron chi connectivity index (χ2n) is 9.23. The number of rotatable bonds is 4.